The first-order valence-electron chi connectivity index (χ1n) is 12.7. The molecule has 0 saturated heterocycles. The predicted octanol–water partition coefficient (Wildman–Crippen LogP) is 4.74. The molecule has 0 aliphatic carbocycles. The SMILES string of the molecule is CCOC(=O)c1cnn(-c2ccc(Cc3ccccc3NC(N)=Nc3ccc(-c4ccccc4)nn3)cc2)c1N. The Labute approximate surface area is 231 Å². The maximum atomic E-state index is 12.1. The maximum absolute atomic E-state index is 12.1. The highest BCUT2D eigenvalue weighted by molar-refractivity contribution is 5.95. The molecule has 0 unspecified atom stereocenters. The number of aliphatic imine (C=N–C) groups is 1. The van der Waals surface area contributed by atoms with Gasteiger partial charge in [0.1, 0.15) is 11.4 Å². The van der Waals surface area contributed by atoms with Crippen molar-refractivity contribution in [1.29, 1.82) is 0 Å². The number of carbonyl (C=O) groups excluding carboxylic acids is 1. The molecule has 40 heavy (non-hydrogen) atoms. The Morgan fingerprint density at radius 2 is 1.70 bits per heavy atom. The number of nitrogens with two attached hydrogens (primary N) is 2. The fourth-order valence-corrected chi connectivity index (χ4v) is 4.14. The van der Waals surface area contributed by atoms with E-state index in [4.69, 9.17) is 16.2 Å². The van der Waals surface area contributed by atoms with Crippen molar-refractivity contribution in [3.8, 4) is 16.9 Å². The van der Waals surface area contributed by atoms with Crippen molar-refractivity contribution in [2.24, 2.45) is 10.7 Å². The van der Waals surface area contributed by atoms with E-state index < -0.39 is 5.97 Å². The van der Waals surface area contributed by atoms with Gasteiger partial charge in [0.2, 0.25) is 0 Å². The minimum atomic E-state index is -0.494. The van der Waals surface area contributed by atoms with E-state index in [0.29, 0.717) is 12.2 Å². The Hall–Kier alpha value is -5.51. The van der Waals surface area contributed by atoms with E-state index in [9.17, 15) is 4.79 Å². The van der Waals surface area contributed by atoms with Crippen molar-refractivity contribution < 1.29 is 9.53 Å². The summed E-state index contributed by atoms with van der Waals surface area (Å²) in [7, 11) is 0. The Kier molecular flexibility index (Phi) is 7.77. The number of nitrogens with one attached hydrogen (secondary N) is 1. The van der Waals surface area contributed by atoms with Crippen LogP contribution >= 0.6 is 0 Å². The average molecular weight is 533 g/mol. The third-order valence-corrected chi connectivity index (χ3v) is 6.11. The Morgan fingerprint density at radius 1 is 0.950 bits per heavy atom. The molecule has 0 fully saturated rings. The molecule has 0 bridgehead atoms. The third-order valence-electron chi connectivity index (χ3n) is 6.11. The number of benzene rings is 3. The number of aromatic nitrogens is 4. The summed E-state index contributed by atoms with van der Waals surface area (Å²) in [6.07, 6.45) is 2.06. The van der Waals surface area contributed by atoms with Gasteiger partial charge in [0.25, 0.3) is 0 Å². The highest BCUT2D eigenvalue weighted by atomic mass is 16.5. The van der Waals surface area contributed by atoms with Gasteiger partial charge in [0, 0.05) is 11.3 Å². The highest BCUT2D eigenvalue weighted by Gasteiger charge is 2.17. The molecule has 5 aromatic rings. The van der Waals surface area contributed by atoms with Gasteiger partial charge in [-0.05, 0) is 54.8 Å². The second-order valence-corrected chi connectivity index (χ2v) is 8.84. The second kappa shape index (κ2) is 11.9. The smallest absolute Gasteiger partial charge is 0.343 e. The largest absolute Gasteiger partial charge is 0.462 e. The maximum Gasteiger partial charge on any atom is 0.343 e. The average Bonchev–Trinajstić information content (AvgIpc) is 3.36. The summed E-state index contributed by atoms with van der Waals surface area (Å²) in [5, 5.41) is 15.9. The Morgan fingerprint density at radius 3 is 2.42 bits per heavy atom. The van der Waals surface area contributed by atoms with Crippen LogP contribution in [-0.4, -0.2) is 38.5 Å². The topological polar surface area (TPSA) is 146 Å². The van der Waals surface area contributed by atoms with Gasteiger partial charge in [0.15, 0.2) is 11.8 Å². The number of anilines is 2. The Balaban J connectivity index is 1.28. The minimum absolute atomic E-state index is 0.205. The summed E-state index contributed by atoms with van der Waals surface area (Å²) in [4.78, 5) is 16.4. The number of nitrogens with zero attached hydrogens (tertiary/aromatic N) is 5. The van der Waals surface area contributed by atoms with Crippen molar-refractivity contribution in [1.82, 2.24) is 20.0 Å². The lowest BCUT2D eigenvalue weighted by Crippen LogP contribution is -2.23. The van der Waals surface area contributed by atoms with Gasteiger partial charge in [-0.2, -0.15) is 10.1 Å². The summed E-state index contributed by atoms with van der Waals surface area (Å²) in [5.41, 5.74) is 18.0. The molecule has 0 saturated carbocycles. The van der Waals surface area contributed by atoms with Crippen LogP contribution in [0.1, 0.15) is 28.4 Å². The van der Waals surface area contributed by atoms with Crippen molar-refractivity contribution in [3.05, 3.63) is 114 Å². The van der Waals surface area contributed by atoms with Gasteiger partial charge in [0.05, 0.1) is 24.2 Å². The Bertz CT molecular complexity index is 1630. The zero-order valence-corrected chi connectivity index (χ0v) is 21.9. The zero-order chi connectivity index (χ0) is 27.9. The molecule has 0 spiro atoms. The van der Waals surface area contributed by atoms with Crippen LogP contribution in [-0.2, 0) is 11.2 Å². The molecule has 0 amide bonds. The molecule has 200 valence electrons. The van der Waals surface area contributed by atoms with Crippen LogP contribution in [0, 0.1) is 0 Å². The summed E-state index contributed by atoms with van der Waals surface area (Å²) in [6.45, 7) is 2.01. The van der Waals surface area contributed by atoms with E-state index >= 15 is 0 Å². The lowest BCUT2D eigenvalue weighted by molar-refractivity contribution is 0.0527. The van der Waals surface area contributed by atoms with Crippen molar-refractivity contribution in [3.63, 3.8) is 0 Å². The van der Waals surface area contributed by atoms with Crippen LogP contribution in [0.15, 0.2) is 102 Å². The van der Waals surface area contributed by atoms with Gasteiger partial charge < -0.3 is 21.5 Å². The fourth-order valence-electron chi connectivity index (χ4n) is 4.14. The normalized spacial score (nSPS) is 11.3. The predicted molar refractivity (Wildman–Crippen MR) is 156 cm³/mol. The van der Waals surface area contributed by atoms with Crippen LogP contribution < -0.4 is 16.8 Å². The van der Waals surface area contributed by atoms with Gasteiger partial charge in [-0.3, -0.25) is 0 Å². The third kappa shape index (κ3) is 5.97. The quantitative estimate of drug-likeness (QED) is 0.148. The first kappa shape index (κ1) is 26.1. The summed E-state index contributed by atoms with van der Waals surface area (Å²) < 4.78 is 6.55. The molecule has 5 rings (SSSR count). The fraction of sp³-hybridized carbons (Fsp3) is 0.100. The summed E-state index contributed by atoms with van der Waals surface area (Å²) >= 11 is 0. The molecular formula is C30H28N8O2. The summed E-state index contributed by atoms with van der Waals surface area (Å²) in [5.74, 6) is 0.346. The standard InChI is InChI=1S/C30H28N8O2/c1-2-40-29(39)24-19-33-38(28(24)31)23-14-12-20(13-15-23)18-22-10-6-7-11-25(22)34-30(32)35-27-17-16-26(36-37-27)21-8-4-3-5-9-21/h3-17,19H,2,18,31H2,1H3,(H3,32,34,35,37). The number of esters is 1. The van der Waals surface area contributed by atoms with Crippen molar-refractivity contribution >= 4 is 29.3 Å². The molecule has 0 radical (unpaired) electrons. The van der Waals surface area contributed by atoms with E-state index in [-0.39, 0.29) is 23.9 Å². The lowest BCUT2D eigenvalue weighted by Gasteiger charge is -2.12. The van der Waals surface area contributed by atoms with Crippen molar-refractivity contribution in [2.75, 3.05) is 17.7 Å². The van der Waals surface area contributed by atoms with Crippen LogP contribution in [0.3, 0.4) is 0 Å². The molecule has 0 atom stereocenters. The first-order chi connectivity index (χ1) is 19.5. The van der Waals surface area contributed by atoms with E-state index in [2.05, 4.69) is 25.6 Å². The molecule has 2 heterocycles. The van der Waals surface area contributed by atoms with Crippen LogP contribution in [0.5, 0.6) is 0 Å². The summed E-state index contributed by atoms with van der Waals surface area (Å²) in [6, 6.07) is 29.1. The van der Waals surface area contributed by atoms with Crippen LogP contribution in [0.4, 0.5) is 17.3 Å². The van der Waals surface area contributed by atoms with E-state index in [1.807, 2.05) is 84.9 Å². The van der Waals surface area contributed by atoms with E-state index in [1.165, 1.54) is 10.9 Å². The van der Waals surface area contributed by atoms with Gasteiger partial charge >= 0.3 is 5.97 Å². The van der Waals surface area contributed by atoms with E-state index in [1.54, 1.807) is 13.0 Å². The zero-order valence-electron chi connectivity index (χ0n) is 21.9. The number of nitrogen functional groups attached to an aromatic ring is 1. The van der Waals surface area contributed by atoms with Gasteiger partial charge in [-0.15, -0.1) is 10.2 Å². The molecule has 0 aliphatic rings. The lowest BCUT2D eigenvalue weighted by atomic mass is 10.0. The first-order valence-corrected chi connectivity index (χ1v) is 12.7. The number of hydrogen-bond donors (Lipinski definition) is 3. The van der Waals surface area contributed by atoms with Gasteiger partial charge in [-0.1, -0.05) is 60.7 Å². The monoisotopic (exact) mass is 532 g/mol. The number of guanidine groups is 1. The number of rotatable bonds is 8. The molecular weight excluding hydrogens is 504 g/mol. The van der Waals surface area contributed by atoms with Gasteiger partial charge in [-0.25, -0.2) is 9.48 Å². The molecule has 10 heteroatoms. The van der Waals surface area contributed by atoms with Crippen LogP contribution in [0.2, 0.25) is 0 Å². The number of para-hydroxylation sites is 1. The van der Waals surface area contributed by atoms with Crippen LogP contribution in [0.25, 0.3) is 16.9 Å². The van der Waals surface area contributed by atoms with E-state index in [0.717, 1.165) is 33.8 Å². The highest BCUT2D eigenvalue weighted by Crippen LogP contribution is 2.23. The molecule has 10 nitrogen and oxygen atoms in total. The second-order valence-electron chi connectivity index (χ2n) is 8.84. The number of ether oxygens (including phenoxy) is 1. The molecule has 0 aliphatic heterocycles. The molecule has 5 N–H and O–H groups in total. The minimum Gasteiger partial charge on any atom is -0.462 e. The molecule has 2 aromatic heterocycles. The van der Waals surface area contributed by atoms with Crippen molar-refractivity contribution in [2.45, 2.75) is 13.3 Å². The number of carbonyl (C=O) groups is 1. The number of hydrogen-bond acceptors (Lipinski definition) is 7. The molecule has 3 aromatic carbocycles.